The second-order valence-corrected chi connectivity index (χ2v) is 27.8. The molecule has 0 heterocycles. The predicted octanol–water partition coefficient (Wildman–Crippen LogP) is 18.8. The highest BCUT2D eigenvalue weighted by atomic mass is 31.2. The predicted molar refractivity (Wildman–Crippen MR) is 345 cm³/mol. The minimum Gasteiger partial charge on any atom is -0.462 e. The molecule has 0 amide bonds. The molecule has 3 N–H and O–H groups in total. The van der Waals surface area contributed by atoms with Gasteiger partial charge in [-0.05, 0) is 37.5 Å². The SMILES string of the molecule is CCCCCCCCCCCCCCC(=O)OC[C@H](COP(=O)(O)OC[C@@H](O)COP(=O)(O)OC[C@@H](COC(=O)CCCCCCC)OC(=O)CCCCCCCCCCC(C)C)OC(=O)CCCCCCCCCCCCCCCCC(C)CC. The highest BCUT2D eigenvalue weighted by molar-refractivity contribution is 7.47. The van der Waals surface area contributed by atoms with E-state index < -0.39 is 97.5 Å². The summed E-state index contributed by atoms with van der Waals surface area (Å²) in [6.45, 7) is 9.45. The van der Waals surface area contributed by atoms with Crippen molar-refractivity contribution in [2.24, 2.45) is 11.8 Å². The fraction of sp³-hybridized carbons (Fsp3) is 0.940. The summed E-state index contributed by atoms with van der Waals surface area (Å²) < 4.78 is 67.9. The first kappa shape index (κ1) is 84.1. The third-order valence-corrected chi connectivity index (χ3v) is 17.7. The molecule has 17 nitrogen and oxygen atoms in total. The zero-order chi connectivity index (χ0) is 63.6. The lowest BCUT2D eigenvalue weighted by Gasteiger charge is -2.21. The molecule has 0 radical (unpaired) electrons. The van der Waals surface area contributed by atoms with Gasteiger partial charge in [-0.1, -0.05) is 286 Å². The minimum atomic E-state index is -4.95. The molecule has 19 heteroatoms. The topological polar surface area (TPSA) is 237 Å². The number of ether oxygens (including phenoxy) is 4. The summed E-state index contributed by atoms with van der Waals surface area (Å²) >= 11 is 0. The van der Waals surface area contributed by atoms with Crippen LogP contribution in [0.3, 0.4) is 0 Å². The van der Waals surface area contributed by atoms with Crippen LogP contribution in [0.2, 0.25) is 0 Å². The summed E-state index contributed by atoms with van der Waals surface area (Å²) in [6.07, 6.45) is 43.4. The zero-order valence-electron chi connectivity index (χ0n) is 55.6. The molecule has 0 fully saturated rings. The van der Waals surface area contributed by atoms with Crippen LogP contribution in [0.25, 0.3) is 0 Å². The standard InChI is InChI=1S/C67H130O17P2/c1-7-10-12-14-15-16-17-23-26-32-38-44-50-65(70)78-56-63(84-66(71)51-45-39-33-27-24-21-19-18-20-22-25-31-37-42-48-60(6)9-3)58-82-86(75,76)80-54-61(68)53-79-85(73,74)81-57-62(55-77-64(69)49-43-35-13-11-8-2)83-67(72)52-46-40-34-29-28-30-36-41-47-59(4)5/h59-63,68H,7-58H2,1-6H3,(H,73,74)(H,75,76)/t60?,61-,62+,63+/m0/s1. The Morgan fingerprint density at radius 2 is 0.593 bits per heavy atom. The third kappa shape index (κ3) is 59.7. The van der Waals surface area contributed by atoms with Crippen molar-refractivity contribution in [1.29, 1.82) is 0 Å². The van der Waals surface area contributed by atoms with Gasteiger partial charge in [0.2, 0.25) is 0 Å². The number of hydrogen-bond donors (Lipinski definition) is 3. The van der Waals surface area contributed by atoms with Crippen molar-refractivity contribution in [3.63, 3.8) is 0 Å². The van der Waals surface area contributed by atoms with E-state index in [1.54, 1.807) is 0 Å². The van der Waals surface area contributed by atoms with Gasteiger partial charge in [-0.2, -0.15) is 0 Å². The first-order chi connectivity index (χ1) is 41.4. The largest absolute Gasteiger partial charge is 0.472 e. The van der Waals surface area contributed by atoms with Crippen LogP contribution in [-0.4, -0.2) is 96.7 Å². The number of aliphatic hydroxyl groups excluding tert-OH is 1. The molecule has 6 atom stereocenters. The molecule has 0 aromatic heterocycles. The van der Waals surface area contributed by atoms with E-state index in [0.29, 0.717) is 25.7 Å². The number of phosphoric ester groups is 2. The lowest BCUT2D eigenvalue weighted by atomic mass is 9.99. The maximum absolute atomic E-state index is 13.0. The summed E-state index contributed by atoms with van der Waals surface area (Å²) in [5, 5.41) is 10.5. The quantitative estimate of drug-likeness (QED) is 0.0222. The highest BCUT2D eigenvalue weighted by Crippen LogP contribution is 2.45. The number of rotatable bonds is 66. The molecular formula is C67H130O17P2. The average molecular weight is 1270 g/mol. The van der Waals surface area contributed by atoms with E-state index >= 15 is 0 Å². The summed E-state index contributed by atoms with van der Waals surface area (Å²) in [7, 11) is -9.88. The molecule has 0 aliphatic carbocycles. The van der Waals surface area contributed by atoms with Gasteiger partial charge in [0.25, 0.3) is 0 Å². The van der Waals surface area contributed by atoms with Crippen molar-refractivity contribution < 1.29 is 80.2 Å². The molecule has 0 spiro atoms. The Balaban J connectivity index is 5.15. The van der Waals surface area contributed by atoms with Gasteiger partial charge in [-0.25, -0.2) is 9.13 Å². The smallest absolute Gasteiger partial charge is 0.462 e. The Labute approximate surface area is 524 Å². The molecule has 510 valence electrons. The van der Waals surface area contributed by atoms with Crippen molar-refractivity contribution in [1.82, 2.24) is 0 Å². The van der Waals surface area contributed by atoms with Gasteiger partial charge in [0.05, 0.1) is 26.4 Å². The van der Waals surface area contributed by atoms with E-state index in [-0.39, 0.29) is 25.7 Å². The van der Waals surface area contributed by atoms with Crippen molar-refractivity contribution in [3.8, 4) is 0 Å². The molecule has 0 saturated carbocycles. The lowest BCUT2D eigenvalue weighted by molar-refractivity contribution is -0.161. The molecule has 0 rings (SSSR count). The fourth-order valence-corrected chi connectivity index (χ4v) is 11.6. The number of unbranched alkanes of at least 4 members (excludes halogenated alkanes) is 35. The van der Waals surface area contributed by atoms with Crippen LogP contribution >= 0.6 is 15.6 Å². The zero-order valence-corrected chi connectivity index (χ0v) is 57.4. The van der Waals surface area contributed by atoms with Crippen molar-refractivity contribution in [2.75, 3.05) is 39.6 Å². The van der Waals surface area contributed by atoms with Gasteiger partial charge in [0.15, 0.2) is 12.2 Å². The maximum atomic E-state index is 13.0. The first-order valence-corrected chi connectivity index (χ1v) is 38.0. The van der Waals surface area contributed by atoms with Gasteiger partial charge in [0.1, 0.15) is 19.3 Å². The Kier molecular flexibility index (Phi) is 58.0. The third-order valence-electron chi connectivity index (χ3n) is 15.8. The van der Waals surface area contributed by atoms with E-state index in [2.05, 4.69) is 41.5 Å². The molecule has 0 bridgehead atoms. The number of esters is 4. The van der Waals surface area contributed by atoms with Crippen LogP contribution < -0.4 is 0 Å². The van der Waals surface area contributed by atoms with E-state index in [9.17, 15) is 43.2 Å². The molecule has 3 unspecified atom stereocenters. The summed E-state index contributed by atoms with van der Waals surface area (Å²) in [5.41, 5.74) is 0. The molecule has 0 aromatic carbocycles. The van der Waals surface area contributed by atoms with Crippen LogP contribution in [0.1, 0.15) is 337 Å². The van der Waals surface area contributed by atoms with Crippen molar-refractivity contribution in [2.45, 2.75) is 355 Å². The van der Waals surface area contributed by atoms with E-state index in [0.717, 1.165) is 108 Å². The Bertz CT molecular complexity index is 1690. The second kappa shape index (κ2) is 59.4. The van der Waals surface area contributed by atoms with Crippen molar-refractivity contribution in [3.05, 3.63) is 0 Å². The second-order valence-electron chi connectivity index (χ2n) is 24.9. The van der Waals surface area contributed by atoms with E-state index in [4.69, 9.17) is 37.0 Å². The molecule has 0 saturated heterocycles. The number of carbonyl (C=O) groups excluding carboxylic acids is 4. The molecular weight excluding hydrogens is 1140 g/mol. The number of hydrogen-bond acceptors (Lipinski definition) is 15. The molecule has 0 aliphatic heterocycles. The Morgan fingerprint density at radius 1 is 0.337 bits per heavy atom. The van der Waals surface area contributed by atoms with Crippen LogP contribution in [0.5, 0.6) is 0 Å². The van der Waals surface area contributed by atoms with E-state index in [1.165, 1.54) is 148 Å². The van der Waals surface area contributed by atoms with Gasteiger partial charge in [0, 0.05) is 25.7 Å². The average Bonchev–Trinajstić information content (AvgIpc) is 3.69. The van der Waals surface area contributed by atoms with Crippen LogP contribution in [0.15, 0.2) is 0 Å². The summed E-state index contributed by atoms with van der Waals surface area (Å²) in [6, 6.07) is 0. The van der Waals surface area contributed by atoms with Gasteiger partial charge in [-0.3, -0.25) is 37.3 Å². The van der Waals surface area contributed by atoms with E-state index in [1.807, 2.05) is 0 Å². The van der Waals surface area contributed by atoms with Crippen LogP contribution in [-0.2, 0) is 65.4 Å². The molecule has 0 aromatic rings. The van der Waals surface area contributed by atoms with Gasteiger partial charge in [-0.15, -0.1) is 0 Å². The number of carbonyl (C=O) groups is 4. The Morgan fingerprint density at radius 3 is 0.884 bits per heavy atom. The first-order valence-electron chi connectivity index (χ1n) is 35.0. The van der Waals surface area contributed by atoms with Gasteiger partial charge >= 0.3 is 39.5 Å². The molecule has 0 aliphatic rings. The van der Waals surface area contributed by atoms with Crippen LogP contribution in [0, 0.1) is 11.8 Å². The fourth-order valence-electron chi connectivity index (χ4n) is 10.0. The van der Waals surface area contributed by atoms with Gasteiger partial charge < -0.3 is 33.8 Å². The highest BCUT2D eigenvalue weighted by Gasteiger charge is 2.30. The van der Waals surface area contributed by atoms with Crippen LogP contribution in [0.4, 0.5) is 0 Å². The monoisotopic (exact) mass is 1270 g/mol. The summed E-state index contributed by atoms with van der Waals surface area (Å²) in [4.78, 5) is 72.1. The Hall–Kier alpha value is -1.94. The molecule has 86 heavy (non-hydrogen) atoms. The normalized spacial score (nSPS) is 14.5. The number of aliphatic hydroxyl groups is 1. The lowest BCUT2D eigenvalue weighted by Crippen LogP contribution is -2.30. The maximum Gasteiger partial charge on any atom is 0.472 e. The number of phosphoric acid groups is 2. The summed E-state index contributed by atoms with van der Waals surface area (Å²) in [5.74, 6) is -0.576. The van der Waals surface area contributed by atoms with Crippen molar-refractivity contribution >= 4 is 39.5 Å². The minimum absolute atomic E-state index is 0.104.